The van der Waals surface area contributed by atoms with Crippen LogP contribution in [-0.4, -0.2) is 29.8 Å². The highest BCUT2D eigenvalue weighted by atomic mass is 16.5. The van der Waals surface area contributed by atoms with Gasteiger partial charge in [-0.3, -0.25) is 4.79 Å². The molecule has 6 nitrogen and oxygen atoms in total. The molecule has 0 spiro atoms. The second-order valence-corrected chi connectivity index (χ2v) is 4.75. The molecule has 1 unspecified atom stereocenters. The van der Waals surface area contributed by atoms with Gasteiger partial charge < -0.3 is 15.4 Å². The van der Waals surface area contributed by atoms with E-state index in [0.29, 0.717) is 18.1 Å². The number of carbonyl (C=O) groups is 1. The number of amides is 1. The average Bonchev–Trinajstić information content (AvgIpc) is 2.55. The van der Waals surface area contributed by atoms with E-state index in [1.807, 2.05) is 24.3 Å². The Kier molecular flexibility index (Phi) is 3.68. The van der Waals surface area contributed by atoms with Crippen LogP contribution in [0.4, 0.5) is 5.82 Å². The van der Waals surface area contributed by atoms with Crippen LogP contribution in [0.1, 0.15) is 28.5 Å². The molecule has 1 aromatic carbocycles. The van der Waals surface area contributed by atoms with Crippen molar-refractivity contribution in [2.24, 2.45) is 0 Å². The maximum atomic E-state index is 11.4. The van der Waals surface area contributed by atoms with E-state index in [4.69, 9.17) is 4.74 Å². The quantitative estimate of drug-likeness (QED) is 0.898. The van der Waals surface area contributed by atoms with Gasteiger partial charge in [0.1, 0.15) is 11.6 Å². The molecule has 1 atom stereocenters. The minimum Gasteiger partial charge on any atom is -0.493 e. The van der Waals surface area contributed by atoms with Crippen LogP contribution >= 0.6 is 0 Å². The minimum absolute atomic E-state index is 0.134. The predicted octanol–water partition coefficient (Wildman–Crippen LogP) is 1.77. The third kappa shape index (κ3) is 2.79. The fraction of sp³-hybridized carbons (Fsp3) is 0.267. The van der Waals surface area contributed by atoms with Crippen LogP contribution in [0, 0.1) is 0 Å². The topological polar surface area (TPSA) is 76.1 Å². The number of anilines is 1. The summed E-state index contributed by atoms with van der Waals surface area (Å²) in [4.78, 5) is 11.4. The van der Waals surface area contributed by atoms with Crippen molar-refractivity contribution in [2.45, 2.75) is 12.5 Å². The van der Waals surface area contributed by atoms with Gasteiger partial charge in [0, 0.05) is 19.0 Å². The first-order chi connectivity index (χ1) is 10.3. The Balaban J connectivity index is 1.77. The summed E-state index contributed by atoms with van der Waals surface area (Å²) in [5.74, 6) is 1.30. The number of carbonyl (C=O) groups excluding carboxylic acids is 1. The predicted molar refractivity (Wildman–Crippen MR) is 78.3 cm³/mol. The van der Waals surface area contributed by atoms with E-state index < -0.39 is 0 Å². The number of nitrogens with zero attached hydrogens (tertiary/aromatic N) is 2. The molecule has 0 bridgehead atoms. The molecule has 108 valence electrons. The molecule has 1 amide bonds. The molecule has 0 aliphatic carbocycles. The van der Waals surface area contributed by atoms with Crippen LogP contribution in [0.5, 0.6) is 5.75 Å². The van der Waals surface area contributed by atoms with Crippen molar-refractivity contribution >= 4 is 11.7 Å². The van der Waals surface area contributed by atoms with Gasteiger partial charge in [-0.2, -0.15) is 0 Å². The Labute approximate surface area is 122 Å². The van der Waals surface area contributed by atoms with Crippen LogP contribution in [0.15, 0.2) is 36.4 Å². The number of ether oxygens (including phenoxy) is 1. The van der Waals surface area contributed by atoms with Crippen molar-refractivity contribution in [1.82, 2.24) is 15.5 Å². The zero-order valence-corrected chi connectivity index (χ0v) is 11.7. The lowest BCUT2D eigenvalue weighted by Gasteiger charge is -2.26. The van der Waals surface area contributed by atoms with Crippen LogP contribution in [-0.2, 0) is 0 Å². The number of hydrogen-bond acceptors (Lipinski definition) is 5. The summed E-state index contributed by atoms with van der Waals surface area (Å²) in [6, 6.07) is 11.5. The molecule has 1 aromatic heterocycles. The molecule has 1 aliphatic rings. The molecule has 21 heavy (non-hydrogen) atoms. The first-order valence-electron chi connectivity index (χ1n) is 6.82. The molecule has 0 saturated carbocycles. The van der Waals surface area contributed by atoms with Crippen molar-refractivity contribution in [1.29, 1.82) is 0 Å². The summed E-state index contributed by atoms with van der Waals surface area (Å²) >= 11 is 0. The van der Waals surface area contributed by atoms with E-state index in [1.54, 1.807) is 19.2 Å². The van der Waals surface area contributed by atoms with Gasteiger partial charge in [0.05, 0.1) is 12.6 Å². The van der Waals surface area contributed by atoms with Gasteiger partial charge in [-0.25, -0.2) is 0 Å². The van der Waals surface area contributed by atoms with Crippen molar-refractivity contribution in [3.63, 3.8) is 0 Å². The lowest BCUT2D eigenvalue weighted by Crippen LogP contribution is -2.22. The van der Waals surface area contributed by atoms with Gasteiger partial charge in [0.15, 0.2) is 5.69 Å². The molecule has 2 N–H and O–H groups in total. The van der Waals surface area contributed by atoms with Crippen LogP contribution in [0.2, 0.25) is 0 Å². The molecule has 1 aliphatic heterocycles. The standard InChI is InChI=1S/C15H16N4O2/c1-16-15(20)12-6-7-14(19-18-12)17-11-8-9-21-13-5-3-2-4-10(11)13/h2-7,11H,8-9H2,1H3,(H,16,20)(H,17,19). The van der Waals surface area contributed by atoms with Crippen molar-refractivity contribution < 1.29 is 9.53 Å². The first-order valence-corrected chi connectivity index (χ1v) is 6.82. The maximum absolute atomic E-state index is 11.4. The maximum Gasteiger partial charge on any atom is 0.271 e. The van der Waals surface area contributed by atoms with Gasteiger partial charge in [-0.1, -0.05) is 18.2 Å². The zero-order chi connectivity index (χ0) is 14.7. The Morgan fingerprint density at radius 2 is 2.10 bits per heavy atom. The summed E-state index contributed by atoms with van der Waals surface area (Å²) in [7, 11) is 1.56. The number of aromatic nitrogens is 2. The largest absolute Gasteiger partial charge is 0.493 e. The molecule has 0 fully saturated rings. The van der Waals surface area contributed by atoms with Crippen LogP contribution in [0.3, 0.4) is 0 Å². The smallest absolute Gasteiger partial charge is 0.271 e. The monoisotopic (exact) mass is 284 g/mol. The van der Waals surface area contributed by atoms with Gasteiger partial charge in [0.25, 0.3) is 5.91 Å². The summed E-state index contributed by atoms with van der Waals surface area (Å²) in [6.45, 7) is 0.665. The number of fused-ring (bicyclic) bond motifs is 1. The lowest BCUT2D eigenvalue weighted by molar-refractivity contribution is 0.0957. The SMILES string of the molecule is CNC(=O)c1ccc(NC2CCOc3ccccc32)nn1. The molecule has 3 rings (SSSR count). The fourth-order valence-electron chi connectivity index (χ4n) is 2.33. The Morgan fingerprint density at radius 1 is 1.24 bits per heavy atom. The lowest BCUT2D eigenvalue weighted by atomic mass is 10.0. The average molecular weight is 284 g/mol. The van der Waals surface area contributed by atoms with Crippen molar-refractivity contribution in [3.8, 4) is 5.75 Å². The van der Waals surface area contributed by atoms with E-state index in [9.17, 15) is 4.79 Å². The molecule has 2 heterocycles. The Bertz CT molecular complexity index is 642. The van der Waals surface area contributed by atoms with E-state index in [2.05, 4.69) is 20.8 Å². The van der Waals surface area contributed by atoms with Gasteiger partial charge >= 0.3 is 0 Å². The summed E-state index contributed by atoms with van der Waals surface area (Å²) in [6.07, 6.45) is 0.857. The normalized spacial score (nSPS) is 16.5. The molecule has 0 saturated heterocycles. The Hall–Kier alpha value is -2.63. The molecular formula is C15H16N4O2. The van der Waals surface area contributed by atoms with Crippen molar-refractivity contribution in [2.75, 3.05) is 19.0 Å². The number of nitrogens with one attached hydrogen (secondary N) is 2. The Morgan fingerprint density at radius 3 is 2.86 bits per heavy atom. The minimum atomic E-state index is -0.245. The first kappa shape index (κ1) is 13.4. The fourth-order valence-corrected chi connectivity index (χ4v) is 2.33. The summed E-state index contributed by atoms with van der Waals surface area (Å²) in [5.41, 5.74) is 1.41. The highest BCUT2D eigenvalue weighted by Crippen LogP contribution is 2.33. The highest BCUT2D eigenvalue weighted by molar-refractivity contribution is 5.91. The van der Waals surface area contributed by atoms with Gasteiger partial charge in [0.2, 0.25) is 0 Å². The number of benzene rings is 1. The zero-order valence-electron chi connectivity index (χ0n) is 11.7. The van der Waals surface area contributed by atoms with Crippen LogP contribution in [0.25, 0.3) is 0 Å². The van der Waals surface area contributed by atoms with Crippen molar-refractivity contribution in [3.05, 3.63) is 47.7 Å². The molecule has 6 heteroatoms. The summed E-state index contributed by atoms with van der Waals surface area (Å²) < 4.78 is 5.63. The second-order valence-electron chi connectivity index (χ2n) is 4.75. The molecule has 0 radical (unpaired) electrons. The highest BCUT2D eigenvalue weighted by Gasteiger charge is 2.21. The summed E-state index contributed by atoms with van der Waals surface area (Å²) in [5, 5.41) is 13.8. The van der Waals surface area contributed by atoms with Gasteiger partial charge in [-0.05, 0) is 18.2 Å². The van der Waals surface area contributed by atoms with E-state index in [-0.39, 0.29) is 11.9 Å². The third-order valence-electron chi connectivity index (χ3n) is 3.40. The van der Waals surface area contributed by atoms with Gasteiger partial charge in [-0.15, -0.1) is 10.2 Å². The third-order valence-corrected chi connectivity index (χ3v) is 3.40. The second kappa shape index (κ2) is 5.78. The number of hydrogen-bond donors (Lipinski definition) is 2. The van der Waals surface area contributed by atoms with E-state index in [0.717, 1.165) is 17.7 Å². The van der Waals surface area contributed by atoms with E-state index in [1.165, 1.54) is 0 Å². The van der Waals surface area contributed by atoms with E-state index >= 15 is 0 Å². The molecule has 2 aromatic rings. The molecular weight excluding hydrogens is 268 g/mol. The number of para-hydroxylation sites is 1. The van der Waals surface area contributed by atoms with Crippen LogP contribution < -0.4 is 15.4 Å². The number of rotatable bonds is 3.